The Kier molecular flexibility index (Phi) is 5.00. The molecule has 0 saturated carbocycles. The zero-order valence-electron chi connectivity index (χ0n) is 7.10. The van der Waals surface area contributed by atoms with E-state index >= 15 is 0 Å². The van der Waals surface area contributed by atoms with Gasteiger partial charge in [0.15, 0.2) is 5.78 Å². The Morgan fingerprint density at radius 3 is 2.25 bits per heavy atom. The molecule has 0 unspecified atom stereocenters. The van der Waals surface area contributed by atoms with Crippen LogP contribution >= 0.6 is 0 Å². The summed E-state index contributed by atoms with van der Waals surface area (Å²) in [5.74, 6) is -0.647. The summed E-state index contributed by atoms with van der Waals surface area (Å²) >= 11 is 0. The number of Topliss-reactive ketones (excluding diaryl/α,β-unsaturated/α-hetero) is 1. The molecule has 5 heteroatoms. The minimum atomic E-state index is -1.30. The summed E-state index contributed by atoms with van der Waals surface area (Å²) in [4.78, 5) is 10.8. The van der Waals surface area contributed by atoms with Gasteiger partial charge in [-0.25, -0.2) is 0 Å². The molecule has 3 atom stereocenters. The van der Waals surface area contributed by atoms with Gasteiger partial charge in [0.1, 0.15) is 18.8 Å². The lowest BCUT2D eigenvalue weighted by Crippen LogP contribution is -2.43. The van der Waals surface area contributed by atoms with Crippen molar-refractivity contribution in [1.29, 1.82) is 0 Å². The first-order valence-electron chi connectivity index (χ1n) is 3.57. The van der Waals surface area contributed by atoms with Gasteiger partial charge in [0.25, 0.3) is 0 Å². The fraction of sp³-hybridized carbons (Fsp3) is 0.857. The molecule has 0 aliphatic carbocycles. The van der Waals surface area contributed by atoms with Gasteiger partial charge in [-0.15, -0.1) is 0 Å². The molecule has 0 aromatic carbocycles. The normalized spacial score (nSPS) is 18.4. The maximum absolute atomic E-state index is 10.8. The van der Waals surface area contributed by atoms with Crippen molar-refractivity contribution in [2.24, 2.45) is 0 Å². The molecule has 0 aliphatic rings. The van der Waals surface area contributed by atoms with Crippen LogP contribution in [0.25, 0.3) is 0 Å². The highest BCUT2D eigenvalue weighted by molar-refractivity contribution is 5.84. The second-order valence-electron chi connectivity index (χ2n) is 2.51. The van der Waals surface area contributed by atoms with Gasteiger partial charge in [-0.3, -0.25) is 4.79 Å². The molecule has 0 aromatic rings. The van der Waals surface area contributed by atoms with Gasteiger partial charge in [-0.05, 0) is 6.92 Å². The molecular formula is C7H14O5. The largest absolute Gasteiger partial charge is 0.391 e. The average Bonchev–Trinajstić information content (AvgIpc) is 2.05. The standard InChI is InChI=1S/C7H14O5/c1-4(9)6(11)7(12-2)5(10)3-8/h4,6-9,11H,3H2,1-2H3/t4-,6-,7-/m1/s1. The molecule has 0 spiro atoms. The second kappa shape index (κ2) is 5.21. The fourth-order valence-electron chi connectivity index (χ4n) is 0.804. The molecule has 5 nitrogen and oxygen atoms in total. The van der Waals surface area contributed by atoms with Crippen molar-refractivity contribution in [3.05, 3.63) is 0 Å². The van der Waals surface area contributed by atoms with E-state index in [9.17, 15) is 9.90 Å². The highest BCUT2D eigenvalue weighted by Crippen LogP contribution is 2.04. The van der Waals surface area contributed by atoms with Gasteiger partial charge in [-0.1, -0.05) is 0 Å². The SMILES string of the molecule is CO[C@H](C(=O)CO)[C@H](O)[C@@H](C)O. The lowest BCUT2D eigenvalue weighted by molar-refractivity contribution is -0.144. The number of hydrogen-bond donors (Lipinski definition) is 3. The van der Waals surface area contributed by atoms with Gasteiger partial charge in [0.05, 0.1) is 6.10 Å². The first-order valence-corrected chi connectivity index (χ1v) is 3.57. The molecule has 0 fully saturated rings. The molecule has 0 aromatic heterocycles. The highest BCUT2D eigenvalue weighted by Gasteiger charge is 2.28. The van der Waals surface area contributed by atoms with Gasteiger partial charge in [0.2, 0.25) is 0 Å². The van der Waals surface area contributed by atoms with Gasteiger partial charge in [-0.2, -0.15) is 0 Å². The van der Waals surface area contributed by atoms with Crippen molar-refractivity contribution >= 4 is 5.78 Å². The zero-order chi connectivity index (χ0) is 9.72. The minimum Gasteiger partial charge on any atom is -0.391 e. The molecule has 0 aliphatic heterocycles. The van der Waals surface area contributed by atoms with Gasteiger partial charge in [0, 0.05) is 7.11 Å². The molecule has 0 bridgehead atoms. The van der Waals surface area contributed by atoms with E-state index in [-0.39, 0.29) is 0 Å². The number of ketones is 1. The Bertz CT molecular complexity index is 145. The van der Waals surface area contributed by atoms with Crippen LogP contribution in [0, 0.1) is 0 Å². The number of aliphatic hydroxyl groups is 3. The Balaban J connectivity index is 4.23. The van der Waals surface area contributed by atoms with Crippen LogP contribution in [-0.4, -0.2) is 53.1 Å². The topological polar surface area (TPSA) is 87.0 Å². The summed E-state index contributed by atoms with van der Waals surface area (Å²) in [6, 6.07) is 0. The summed E-state index contributed by atoms with van der Waals surface area (Å²) in [5, 5.41) is 26.5. The Labute approximate surface area is 70.6 Å². The predicted molar refractivity (Wildman–Crippen MR) is 40.6 cm³/mol. The van der Waals surface area contributed by atoms with Crippen molar-refractivity contribution in [2.75, 3.05) is 13.7 Å². The van der Waals surface area contributed by atoms with E-state index < -0.39 is 30.7 Å². The third-order valence-corrected chi connectivity index (χ3v) is 1.53. The van der Waals surface area contributed by atoms with Gasteiger partial charge < -0.3 is 20.1 Å². The molecule has 0 heterocycles. The van der Waals surface area contributed by atoms with Crippen molar-refractivity contribution in [3.63, 3.8) is 0 Å². The molecule has 0 amide bonds. The maximum atomic E-state index is 10.8. The third-order valence-electron chi connectivity index (χ3n) is 1.53. The third kappa shape index (κ3) is 2.86. The maximum Gasteiger partial charge on any atom is 0.189 e. The average molecular weight is 178 g/mol. The molecule has 12 heavy (non-hydrogen) atoms. The lowest BCUT2D eigenvalue weighted by atomic mass is 10.1. The van der Waals surface area contributed by atoms with Crippen molar-refractivity contribution in [3.8, 4) is 0 Å². The number of ether oxygens (including phenoxy) is 1. The van der Waals surface area contributed by atoms with Crippen LogP contribution in [0.1, 0.15) is 6.92 Å². The van der Waals surface area contributed by atoms with E-state index in [1.165, 1.54) is 14.0 Å². The Morgan fingerprint density at radius 2 is 2.00 bits per heavy atom. The summed E-state index contributed by atoms with van der Waals surface area (Å²) in [6.07, 6.45) is -3.52. The quantitative estimate of drug-likeness (QED) is 0.467. The first-order chi connectivity index (χ1) is 5.54. The smallest absolute Gasteiger partial charge is 0.189 e. The monoisotopic (exact) mass is 178 g/mol. The number of methoxy groups -OCH3 is 1. The first kappa shape index (κ1) is 11.5. The molecule has 72 valence electrons. The number of rotatable bonds is 5. The van der Waals surface area contributed by atoms with Crippen LogP contribution < -0.4 is 0 Å². The molecule has 0 saturated heterocycles. The Hall–Kier alpha value is -0.490. The van der Waals surface area contributed by atoms with Gasteiger partial charge >= 0.3 is 0 Å². The van der Waals surface area contributed by atoms with E-state index in [1.807, 2.05) is 0 Å². The van der Waals surface area contributed by atoms with Crippen molar-refractivity contribution < 1.29 is 24.9 Å². The highest BCUT2D eigenvalue weighted by atomic mass is 16.5. The van der Waals surface area contributed by atoms with E-state index in [1.54, 1.807) is 0 Å². The summed E-state index contributed by atoms with van der Waals surface area (Å²) in [7, 11) is 1.23. The second-order valence-corrected chi connectivity index (χ2v) is 2.51. The fourth-order valence-corrected chi connectivity index (χ4v) is 0.804. The van der Waals surface area contributed by atoms with Crippen molar-refractivity contribution in [1.82, 2.24) is 0 Å². The van der Waals surface area contributed by atoms with Crippen LogP contribution in [0.15, 0.2) is 0 Å². The van der Waals surface area contributed by atoms with Crippen LogP contribution in [0.5, 0.6) is 0 Å². The van der Waals surface area contributed by atoms with Crippen LogP contribution in [0.3, 0.4) is 0 Å². The van der Waals surface area contributed by atoms with E-state index in [4.69, 9.17) is 10.2 Å². The summed E-state index contributed by atoms with van der Waals surface area (Å²) < 4.78 is 4.61. The van der Waals surface area contributed by atoms with Crippen LogP contribution in [0.2, 0.25) is 0 Å². The Morgan fingerprint density at radius 1 is 1.50 bits per heavy atom. The predicted octanol–water partition coefficient (Wildman–Crippen LogP) is -1.70. The van der Waals surface area contributed by atoms with Crippen LogP contribution in [0.4, 0.5) is 0 Å². The summed E-state index contributed by atoms with van der Waals surface area (Å²) in [5.41, 5.74) is 0. The molecule has 0 rings (SSSR count). The zero-order valence-corrected chi connectivity index (χ0v) is 7.10. The van der Waals surface area contributed by atoms with E-state index in [0.717, 1.165) is 0 Å². The van der Waals surface area contributed by atoms with E-state index in [2.05, 4.69) is 4.74 Å². The number of hydrogen-bond acceptors (Lipinski definition) is 5. The lowest BCUT2D eigenvalue weighted by Gasteiger charge is -2.21. The molecular weight excluding hydrogens is 164 g/mol. The number of carbonyl (C=O) groups excluding carboxylic acids is 1. The minimum absolute atomic E-state index is 0.647. The van der Waals surface area contributed by atoms with Crippen LogP contribution in [-0.2, 0) is 9.53 Å². The van der Waals surface area contributed by atoms with E-state index in [0.29, 0.717) is 0 Å². The number of carbonyl (C=O) groups is 1. The molecule has 0 radical (unpaired) electrons. The van der Waals surface area contributed by atoms with Crippen molar-refractivity contribution in [2.45, 2.75) is 25.2 Å². The summed E-state index contributed by atoms with van der Waals surface area (Å²) in [6.45, 7) is 0.629. The number of aliphatic hydroxyl groups excluding tert-OH is 3. The molecule has 3 N–H and O–H groups in total.